The second-order valence-electron chi connectivity index (χ2n) is 5.75. The second-order valence-corrected chi connectivity index (χ2v) is 5.75. The van der Waals surface area contributed by atoms with Gasteiger partial charge in [0.15, 0.2) is 0 Å². The lowest BCUT2D eigenvalue weighted by molar-refractivity contribution is 0.204. The summed E-state index contributed by atoms with van der Waals surface area (Å²) in [6.07, 6.45) is 4.55. The van der Waals surface area contributed by atoms with E-state index in [-0.39, 0.29) is 6.04 Å². The minimum atomic E-state index is 0.140. The lowest BCUT2D eigenvalue weighted by Gasteiger charge is -2.31. The van der Waals surface area contributed by atoms with E-state index in [0.29, 0.717) is 12.5 Å². The second kappa shape index (κ2) is 8.04. The van der Waals surface area contributed by atoms with Crippen molar-refractivity contribution in [2.45, 2.75) is 44.7 Å². The molecule has 0 aliphatic carbocycles. The van der Waals surface area contributed by atoms with Gasteiger partial charge in [-0.3, -0.25) is 0 Å². The topological polar surface area (TPSA) is 39.1 Å². The first-order valence-corrected chi connectivity index (χ1v) is 7.70. The van der Waals surface area contributed by atoms with Crippen LogP contribution in [0.2, 0.25) is 0 Å². The van der Waals surface area contributed by atoms with Crippen LogP contribution in [0, 0.1) is 11.3 Å². The Hall–Kier alpha value is -1.37. The van der Waals surface area contributed by atoms with Gasteiger partial charge in [0.05, 0.1) is 12.5 Å². The van der Waals surface area contributed by atoms with E-state index in [9.17, 15) is 0 Å². The Morgan fingerprint density at radius 2 is 1.90 bits per heavy atom. The average Bonchev–Trinajstić information content (AvgIpc) is 2.49. The number of rotatable bonds is 6. The molecule has 108 valence electrons. The largest absolute Gasteiger partial charge is 0.305 e. The van der Waals surface area contributed by atoms with Crippen molar-refractivity contribution in [1.82, 2.24) is 10.2 Å². The molecule has 1 fully saturated rings. The number of nitriles is 1. The Bertz CT molecular complexity index is 418. The molecule has 1 saturated heterocycles. The van der Waals surface area contributed by atoms with Crippen LogP contribution < -0.4 is 5.32 Å². The van der Waals surface area contributed by atoms with Crippen LogP contribution in [-0.2, 0) is 0 Å². The highest BCUT2D eigenvalue weighted by molar-refractivity contribution is 5.20. The van der Waals surface area contributed by atoms with E-state index in [0.717, 1.165) is 6.54 Å². The van der Waals surface area contributed by atoms with Gasteiger partial charge in [-0.2, -0.15) is 5.26 Å². The number of benzene rings is 1. The van der Waals surface area contributed by atoms with E-state index < -0.39 is 0 Å². The van der Waals surface area contributed by atoms with Crippen LogP contribution in [0.25, 0.3) is 0 Å². The minimum absolute atomic E-state index is 0.140. The van der Waals surface area contributed by atoms with E-state index in [4.69, 9.17) is 5.26 Å². The molecule has 1 aromatic carbocycles. The fraction of sp³-hybridized carbons (Fsp3) is 0.588. The molecule has 1 aromatic rings. The molecule has 1 N–H and O–H groups in total. The zero-order valence-corrected chi connectivity index (χ0v) is 12.4. The van der Waals surface area contributed by atoms with Gasteiger partial charge < -0.3 is 10.2 Å². The van der Waals surface area contributed by atoms with Gasteiger partial charge in [-0.25, -0.2) is 0 Å². The molecule has 1 aliphatic rings. The highest BCUT2D eigenvalue weighted by Crippen LogP contribution is 2.17. The normalized spacial score (nSPS) is 19.2. The molecule has 2 unspecified atom stereocenters. The van der Waals surface area contributed by atoms with E-state index in [1.165, 1.54) is 37.9 Å². The van der Waals surface area contributed by atoms with Gasteiger partial charge in [0.1, 0.15) is 0 Å². The first kappa shape index (κ1) is 15.0. The van der Waals surface area contributed by atoms with Crippen molar-refractivity contribution in [1.29, 1.82) is 5.26 Å². The zero-order valence-electron chi connectivity index (χ0n) is 12.4. The summed E-state index contributed by atoms with van der Waals surface area (Å²) in [5.41, 5.74) is 1.21. The predicted molar refractivity (Wildman–Crippen MR) is 82.3 cm³/mol. The summed E-state index contributed by atoms with van der Waals surface area (Å²) < 4.78 is 0. The molecule has 1 aliphatic heterocycles. The number of hydrogen-bond donors (Lipinski definition) is 1. The van der Waals surface area contributed by atoms with Crippen molar-refractivity contribution in [3.05, 3.63) is 35.9 Å². The van der Waals surface area contributed by atoms with Crippen LogP contribution >= 0.6 is 0 Å². The summed E-state index contributed by atoms with van der Waals surface area (Å²) in [7, 11) is 0. The standard InChI is InChI=1S/C17H25N3/c1-15(14-20-12-6-3-7-13-20)19-17(10-11-18)16-8-4-2-5-9-16/h2,4-5,8-9,15,17,19H,3,6-7,10,12-14H2,1H3. The Morgan fingerprint density at radius 3 is 2.55 bits per heavy atom. The molecule has 0 bridgehead atoms. The van der Waals surface area contributed by atoms with Gasteiger partial charge >= 0.3 is 0 Å². The molecule has 0 spiro atoms. The van der Waals surface area contributed by atoms with Crippen molar-refractivity contribution in [3.8, 4) is 6.07 Å². The zero-order chi connectivity index (χ0) is 14.2. The molecule has 3 heteroatoms. The summed E-state index contributed by atoms with van der Waals surface area (Å²) in [4.78, 5) is 2.54. The molecule has 1 heterocycles. The van der Waals surface area contributed by atoms with Gasteiger partial charge in [0.25, 0.3) is 0 Å². The maximum Gasteiger partial charge on any atom is 0.0641 e. The Labute approximate surface area is 122 Å². The van der Waals surface area contributed by atoms with Gasteiger partial charge in [-0.05, 0) is 38.4 Å². The van der Waals surface area contributed by atoms with E-state index in [1.807, 2.05) is 18.2 Å². The van der Waals surface area contributed by atoms with Crippen molar-refractivity contribution in [2.24, 2.45) is 0 Å². The molecular formula is C17H25N3. The third-order valence-corrected chi connectivity index (χ3v) is 3.96. The van der Waals surface area contributed by atoms with Crippen LogP contribution in [0.3, 0.4) is 0 Å². The predicted octanol–water partition coefficient (Wildman–Crippen LogP) is 3.11. The lowest BCUT2D eigenvalue weighted by Crippen LogP contribution is -2.42. The summed E-state index contributed by atoms with van der Waals surface area (Å²) in [6.45, 7) is 5.75. The van der Waals surface area contributed by atoms with Crippen LogP contribution in [-0.4, -0.2) is 30.6 Å². The van der Waals surface area contributed by atoms with Crippen molar-refractivity contribution < 1.29 is 0 Å². The van der Waals surface area contributed by atoms with E-state index in [2.05, 4.69) is 35.3 Å². The molecular weight excluding hydrogens is 246 g/mol. The average molecular weight is 271 g/mol. The quantitative estimate of drug-likeness (QED) is 0.864. The Morgan fingerprint density at radius 1 is 1.20 bits per heavy atom. The minimum Gasteiger partial charge on any atom is -0.305 e. The van der Waals surface area contributed by atoms with Gasteiger partial charge in [0, 0.05) is 18.6 Å². The Balaban J connectivity index is 1.89. The first-order chi connectivity index (χ1) is 9.79. The van der Waals surface area contributed by atoms with Gasteiger partial charge in [-0.1, -0.05) is 36.8 Å². The van der Waals surface area contributed by atoms with Crippen LogP contribution in [0.1, 0.15) is 44.2 Å². The van der Waals surface area contributed by atoms with Crippen LogP contribution in [0.15, 0.2) is 30.3 Å². The Kier molecular flexibility index (Phi) is 6.04. The van der Waals surface area contributed by atoms with E-state index >= 15 is 0 Å². The molecule has 0 aromatic heterocycles. The summed E-state index contributed by atoms with van der Waals surface area (Å²) >= 11 is 0. The summed E-state index contributed by atoms with van der Waals surface area (Å²) in [5.74, 6) is 0. The van der Waals surface area contributed by atoms with Gasteiger partial charge in [0.2, 0.25) is 0 Å². The molecule has 0 amide bonds. The monoisotopic (exact) mass is 271 g/mol. The third kappa shape index (κ3) is 4.63. The number of piperidine rings is 1. The number of likely N-dealkylation sites (tertiary alicyclic amines) is 1. The molecule has 0 radical (unpaired) electrons. The van der Waals surface area contributed by atoms with Crippen molar-refractivity contribution >= 4 is 0 Å². The molecule has 2 rings (SSSR count). The SMILES string of the molecule is CC(CN1CCCCC1)NC(CC#N)c1ccccc1. The maximum absolute atomic E-state index is 9.03. The van der Waals surface area contributed by atoms with Crippen molar-refractivity contribution in [2.75, 3.05) is 19.6 Å². The highest BCUT2D eigenvalue weighted by Gasteiger charge is 2.17. The number of nitrogens with zero attached hydrogens (tertiary/aromatic N) is 2. The number of nitrogens with one attached hydrogen (secondary N) is 1. The lowest BCUT2D eigenvalue weighted by atomic mass is 10.0. The summed E-state index contributed by atoms with van der Waals surface area (Å²) in [5, 5.41) is 12.6. The first-order valence-electron chi connectivity index (χ1n) is 7.70. The van der Waals surface area contributed by atoms with E-state index in [1.54, 1.807) is 0 Å². The number of hydrogen-bond acceptors (Lipinski definition) is 3. The fourth-order valence-corrected chi connectivity index (χ4v) is 2.98. The maximum atomic E-state index is 9.03. The summed E-state index contributed by atoms with van der Waals surface area (Å²) in [6, 6.07) is 13.1. The third-order valence-electron chi connectivity index (χ3n) is 3.96. The fourth-order valence-electron chi connectivity index (χ4n) is 2.98. The van der Waals surface area contributed by atoms with Gasteiger partial charge in [-0.15, -0.1) is 0 Å². The molecule has 2 atom stereocenters. The highest BCUT2D eigenvalue weighted by atomic mass is 15.2. The van der Waals surface area contributed by atoms with Crippen LogP contribution in [0.5, 0.6) is 0 Å². The molecule has 20 heavy (non-hydrogen) atoms. The van der Waals surface area contributed by atoms with Crippen LogP contribution in [0.4, 0.5) is 0 Å². The van der Waals surface area contributed by atoms with Crippen molar-refractivity contribution in [3.63, 3.8) is 0 Å². The molecule has 3 nitrogen and oxygen atoms in total. The molecule has 0 saturated carbocycles. The smallest absolute Gasteiger partial charge is 0.0641 e.